The first-order valence-electron chi connectivity index (χ1n) is 5.17. The van der Waals surface area contributed by atoms with E-state index in [0.717, 1.165) is 6.42 Å². The van der Waals surface area contributed by atoms with Crippen LogP contribution in [0.5, 0.6) is 0 Å². The normalized spacial score (nSPS) is 11.9. The predicted molar refractivity (Wildman–Crippen MR) is 54.9 cm³/mol. The van der Waals surface area contributed by atoms with Gasteiger partial charge in [-0.05, 0) is 19.3 Å². The van der Waals surface area contributed by atoms with Crippen molar-refractivity contribution >= 4 is 5.97 Å². The number of carbonyl (C=O) groups is 1. The third-order valence-electron chi connectivity index (χ3n) is 1.98. The van der Waals surface area contributed by atoms with E-state index in [1.54, 1.807) is 6.08 Å². The summed E-state index contributed by atoms with van der Waals surface area (Å²) in [6, 6.07) is 0. The number of halogens is 2. The first kappa shape index (κ1) is 14.1. The molecule has 0 fully saturated rings. The van der Waals surface area contributed by atoms with E-state index in [-0.39, 0.29) is 12.4 Å². The number of alkyl halides is 2. The largest absolute Gasteiger partial charge is 0.466 e. The van der Waals surface area contributed by atoms with E-state index >= 15 is 0 Å². The molecule has 0 spiro atoms. The molecule has 0 rings (SSSR count). The Bertz CT molecular complexity index is 213. The number of methoxy groups -OCH3 is 1. The molecule has 0 aromatic carbocycles. The van der Waals surface area contributed by atoms with Crippen molar-refractivity contribution in [3.05, 3.63) is 11.6 Å². The second-order valence-corrected chi connectivity index (χ2v) is 3.29. The fourth-order valence-electron chi connectivity index (χ4n) is 1.24. The maximum atomic E-state index is 11.8. The maximum absolute atomic E-state index is 11.8. The molecule has 0 aromatic heterocycles. The number of rotatable bonds is 7. The molecular formula is C11H18F2O2. The van der Waals surface area contributed by atoms with Gasteiger partial charge in [0.2, 0.25) is 6.43 Å². The monoisotopic (exact) mass is 220 g/mol. The number of hydrogen-bond acceptors (Lipinski definition) is 2. The van der Waals surface area contributed by atoms with Crippen LogP contribution in [0.25, 0.3) is 0 Å². The summed E-state index contributed by atoms with van der Waals surface area (Å²) in [7, 11) is 1.32. The van der Waals surface area contributed by atoms with Gasteiger partial charge in [0.1, 0.15) is 0 Å². The molecule has 15 heavy (non-hydrogen) atoms. The second-order valence-electron chi connectivity index (χ2n) is 3.29. The Morgan fingerprint density at radius 1 is 1.47 bits per heavy atom. The van der Waals surface area contributed by atoms with Crippen LogP contribution in [0.2, 0.25) is 0 Å². The summed E-state index contributed by atoms with van der Waals surface area (Å²) in [5, 5.41) is 0. The van der Waals surface area contributed by atoms with Gasteiger partial charge >= 0.3 is 5.97 Å². The Labute approximate surface area is 89.3 Å². The first-order chi connectivity index (χ1) is 7.11. The summed E-state index contributed by atoms with van der Waals surface area (Å²) in [5.41, 5.74) is 0.592. The summed E-state index contributed by atoms with van der Waals surface area (Å²) in [5.74, 6) is -0.353. The molecule has 0 bridgehead atoms. The fraction of sp³-hybridized carbons (Fsp3) is 0.727. The Morgan fingerprint density at radius 2 is 2.13 bits per heavy atom. The van der Waals surface area contributed by atoms with Crippen LogP contribution in [0.15, 0.2) is 11.6 Å². The van der Waals surface area contributed by atoms with Crippen LogP contribution in [0.1, 0.15) is 39.0 Å². The third kappa shape index (κ3) is 7.05. The minimum absolute atomic E-state index is 0.114. The predicted octanol–water partition coefficient (Wildman–Crippen LogP) is 3.32. The van der Waals surface area contributed by atoms with E-state index < -0.39 is 6.43 Å². The Hall–Kier alpha value is -0.930. The SMILES string of the molecule is CCCC(=CCCCC(F)F)C(=O)OC. The van der Waals surface area contributed by atoms with Crippen LogP contribution in [0.3, 0.4) is 0 Å². The van der Waals surface area contributed by atoms with E-state index in [1.165, 1.54) is 7.11 Å². The Morgan fingerprint density at radius 3 is 2.60 bits per heavy atom. The van der Waals surface area contributed by atoms with Gasteiger partial charge in [0.05, 0.1) is 7.11 Å². The third-order valence-corrected chi connectivity index (χ3v) is 1.98. The second kappa shape index (κ2) is 8.38. The molecule has 0 unspecified atom stereocenters. The van der Waals surface area contributed by atoms with Crippen LogP contribution in [-0.2, 0) is 9.53 Å². The number of carbonyl (C=O) groups excluding carboxylic acids is 1. The van der Waals surface area contributed by atoms with Crippen molar-refractivity contribution in [2.45, 2.75) is 45.5 Å². The highest BCUT2D eigenvalue weighted by atomic mass is 19.3. The molecule has 0 radical (unpaired) electrons. The summed E-state index contributed by atoms with van der Waals surface area (Å²) < 4.78 is 28.2. The lowest BCUT2D eigenvalue weighted by molar-refractivity contribution is -0.136. The molecule has 0 heterocycles. The van der Waals surface area contributed by atoms with Gasteiger partial charge < -0.3 is 4.74 Å². The van der Waals surface area contributed by atoms with Gasteiger partial charge in [-0.25, -0.2) is 13.6 Å². The Balaban J connectivity index is 4.00. The first-order valence-corrected chi connectivity index (χ1v) is 5.17. The molecule has 2 nitrogen and oxygen atoms in total. The van der Waals surface area contributed by atoms with Crippen molar-refractivity contribution in [2.75, 3.05) is 7.11 Å². The molecule has 0 atom stereocenters. The maximum Gasteiger partial charge on any atom is 0.333 e. The summed E-state index contributed by atoms with van der Waals surface area (Å²) in [6.07, 6.45) is 1.73. The van der Waals surface area contributed by atoms with Crippen LogP contribution >= 0.6 is 0 Å². The lowest BCUT2D eigenvalue weighted by Gasteiger charge is -2.03. The minimum atomic E-state index is -2.26. The standard InChI is InChI=1S/C11H18F2O2/c1-3-6-9(11(14)15-2)7-4-5-8-10(12)13/h7,10H,3-6,8H2,1-2H3. The lowest BCUT2D eigenvalue weighted by Crippen LogP contribution is -2.04. The molecule has 0 N–H and O–H groups in total. The number of allylic oxidation sites excluding steroid dienone is 1. The van der Waals surface area contributed by atoms with Crippen molar-refractivity contribution in [3.8, 4) is 0 Å². The molecular weight excluding hydrogens is 202 g/mol. The van der Waals surface area contributed by atoms with Crippen molar-refractivity contribution in [1.82, 2.24) is 0 Å². The van der Waals surface area contributed by atoms with Crippen molar-refractivity contribution < 1.29 is 18.3 Å². The zero-order valence-corrected chi connectivity index (χ0v) is 9.26. The number of unbranched alkanes of at least 4 members (excludes halogenated alkanes) is 1. The van der Waals surface area contributed by atoms with Gasteiger partial charge in [0.25, 0.3) is 0 Å². The van der Waals surface area contributed by atoms with Crippen LogP contribution in [-0.4, -0.2) is 19.5 Å². The number of hydrogen-bond donors (Lipinski definition) is 0. The van der Waals surface area contributed by atoms with Crippen LogP contribution in [0.4, 0.5) is 8.78 Å². The minimum Gasteiger partial charge on any atom is -0.466 e. The molecule has 0 aliphatic carbocycles. The van der Waals surface area contributed by atoms with Crippen molar-refractivity contribution in [1.29, 1.82) is 0 Å². The molecule has 0 saturated carbocycles. The number of esters is 1. The fourth-order valence-corrected chi connectivity index (χ4v) is 1.24. The molecule has 4 heteroatoms. The van der Waals surface area contributed by atoms with Crippen molar-refractivity contribution in [2.24, 2.45) is 0 Å². The summed E-state index contributed by atoms with van der Waals surface area (Å²) in [4.78, 5) is 11.2. The van der Waals surface area contributed by atoms with Gasteiger partial charge in [-0.15, -0.1) is 0 Å². The molecule has 88 valence electrons. The van der Waals surface area contributed by atoms with E-state index in [2.05, 4.69) is 4.74 Å². The van der Waals surface area contributed by atoms with E-state index in [0.29, 0.717) is 24.8 Å². The van der Waals surface area contributed by atoms with E-state index in [9.17, 15) is 13.6 Å². The van der Waals surface area contributed by atoms with Gasteiger partial charge in [0, 0.05) is 12.0 Å². The van der Waals surface area contributed by atoms with Gasteiger partial charge in [-0.3, -0.25) is 0 Å². The summed E-state index contributed by atoms with van der Waals surface area (Å²) in [6.45, 7) is 1.95. The molecule has 0 amide bonds. The molecule has 0 aromatic rings. The van der Waals surface area contributed by atoms with Crippen LogP contribution < -0.4 is 0 Å². The highest BCUT2D eigenvalue weighted by Gasteiger charge is 2.07. The Kier molecular flexibility index (Phi) is 7.86. The smallest absolute Gasteiger partial charge is 0.333 e. The molecule has 0 saturated heterocycles. The van der Waals surface area contributed by atoms with Crippen molar-refractivity contribution in [3.63, 3.8) is 0 Å². The summed E-state index contributed by atoms with van der Waals surface area (Å²) >= 11 is 0. The van der Waals surface area contributed by atoms with Crippen LogP contribution in [0, 0.1) is 0 Å². The zero-order chi connectivity index (χ0) is 11.7. The van der Waals surface area contributed by atoms with E-state index in [1.807, 2.05) is 6.92 Å². The number of ether oxygens (including phenoxy) is 1. The molecule has 0 aliphatic heterocycles. The highest BCUT2D eigenvalue weighted by molar-refractivity contribution is 5.88. The quantitative estimate of drug-likeness (QED) is 0.374. The van der Waals surface area contributed by atoms with Gasteiger partial charge in [-0.1, -0.05) is 19.4 Å². The lowest BCUT2D eigenvalue weighted by atomic mass is 10.1. The zero-order valence-electron chi connectivity index (χ0n) is 9.26. The van der Waals surface area contributed by atoms with E-state index in [4.69, 9.17) is 0 Å². The van der Waals surface area contributed by atoms with Gasteiger partial charge in [0.15, 0.2) is 0 Å². The van der Waals surface area contributed by atoms with Gasteiger partial charge in [-0.2, -0.15) is 0 Å². The molecule has 0 aliphatic rings. The topological polar surface area (TPSA) is 26.3 Å². The average molecular weight is 220 g/mol. The highest BCUT2D eigenvalue weighted by Crippen LogP contribution is 2.11. The average Bonchev–Trinajstić information content (AvgIpc) is 2.21.